The average Bonchev–Trinajstić information content (AvgIpc) is 3.05. The van der Waals surface area contributed by atoms with Gasteiger partial charge in [0.1, 0.15) is 0 Å². The topological polar surface area (TPSA) is 70.6 Å². The van der Waals surface area contributed by atoms with Gasteiger partial charge in [0.15, 0.2) is 17.8 Å². The Kier molecular flexibility index (Phi) is 4.09. The number of methoxy groups -OCH3 is 1. The summed E-state index contributed by atoms with van der Waals surface area (Å²) in [6.45, 7) is 0.728. The predicted octanol–water partition coefficient (Wildman–Crippen LogP) is 2.15. The van der Waals surface area contributed by atoms with Crippen LogP contribution in [-0.2, 0) is 0 Å². The quantitative estimate of drug-likeness (QED) is 0.755. The summed E-state index contributed by atoms with van der Waals surface area (Å²) in [7, 11) is 1.48. The molecule has 22 heavy (non-hydrogen) atoms. The van der Waals surface area contributed by atoms with Crippen LogP contribution in [0.25, 0.3) is 0 Å². The lowest BCUT2D eigenvalue weighted by Crippen LogP contribution is -2.24. The van der Waals surface area contributed by atoms with Gasteiger partial charge in [0.05, 0.1) is 18.7 Å². The molecule has 1 fully saturated rings. The van der Waals surface area contributed by atoms with Crippen LogP contribution in [0, 0.1) is 0 Å². The van der Waals surface area contributed by atoms with Gasteiger partial charge in [0, 0.05) is 12.5 Å². The molecule has 0 spiro atoms. The van der Waals surface area contributed by atoms with E-state index in [-0.39, 0.29) is 23.3 Å². The van der Waals surface area contributed by atoms with Crippen molar-refractivity contribution in [3.63, 3.8) is 0 Å². The summed E-state index contributed by atoms with van der Waals surface area (Å²) in [6.07, 6.45) is 0.648. The minimum Gasteiger partial charge on any atom is -0.504 e. The first kappa shape index (κ1) is 14.6. The summed E-state index contributed by atoms with van der Waals surface area (Å²) >= 11 is 0. The average molecular weight is 298 g/mol. The molecule has 3 rings (SSSR count). The van der Waals surface area contributed by atoms with E-state index in [0.717, 1.165) is 17.7 Å². The predicted molar refractivity (Wildman–Crippen MR) is 83.1 cm³/mol. The molecule has 0 saturated carbocycles. The first-order valence-electron chi connectivity index (χ1n) is 7.14. The van der Waals surface area contributed by atoms with Crippen molar-refractivity contribution < 1.29 is 14.6 Å². The maximum atomic E-state index is 11.2. The Morgan fingerprint density at radius 2 is 2.00 bits per heavy atom. The molecule has 0 bridgehead atoms. The normalized spacial score (nSPS) is 20.8. The summed E-state index contributed by atoms with van der Waals surface area (Å²) in [6, 6.07) is 13.7. The van der Waals surface area contributed by atoms with Gasteiger partial charge in [-0.05, 0) is 23.3 Å². The van der Waals surface area contributed by atoms with E-state index in [1.54, 1.807) is 12.1 Å². The lowest BCUT2D eigenvalue weighted by Gasteiger charge is -2.20. The van der Waals surface area contributed by atoms with Crippen LogP contribution in [0.1, 0.15) is 33.4 Å². The Morgan fingerprint density at radius 3 is 2.68 bits per heavy atom. The van der Waals surface area contributed by atoms with Crippen LogP contribution in [0.2, 0.25) is 0 Å². The van der Waals surface area contributed by atoms with Gasteiger partial charge >= 0.3 is 0 Å². The minimum absolute atomic E-state index is 0.0925. The molecular formula is C17H18N2O3. The monoisotopic (exact) mass is 298 g/mol. The minimum atomic E-state index is -0.114. The summed E-state index contributed by atoms with van der Waals surface area (Å²) in [4.78, 5) is 11.2. The molecule has 1 heterocycles. The third-order valence-corrected chi connectivity index (χ3v) is 4.04. The third-order valence-electron chi connectivity index (χ3n) is 4.04. The number of hydrazine groups is 1. The largest absolute Gasteiger partial charge is 0.504 e. The zero-order chi connectivity index (χ0) is 15.5. The van der Waals surface area contributed by atoms with E-state index in [4.69, 9.17) is 4.74 Å². The summed E-state index contributed by atoms with van der Waals surface area (Å²) in [5.41, 5.74) is 8.79. The van der Waals surface area contributed by atoms with Crippen molar-refractivity contribution in [3.05, 3.63) is 59.2 Å². The number of phenols is 1. The number of benzene rings is 2. The number of ether oxygens (including phenoxy) is 1. The van der Waals surface area contributed by atoms with Crippen LogP contribution in [-0.4, -0.2) is 25.0 Å². The second-order valence-corrected chi connectivity index (χ2v) is 5.30. The van der Waals surface area contributed by atoms with Crippen molar-refractivity contribution in [3.8, 4) is 11.5 Å². The molecule has 2 unspecified atom stereocenters. The second-order valence-electron chi connectivity index (χ2n) is 5.30. The van der Waals surface area contributed by atoms with Crippen LogP contribution < -0.4 is 15.6 Å². The number of phenolic OH excluding ortho intramolecular Hbond substituents is 1. The number of rotatable bonds is 4. The fraction of sp³-hybridized carbons (Fsp3) is 0.235. The standard InChI is InChI=1S/C17H18N2O3/c1-22-15-8-12(7-13(10-20)17(15)21)14-9-18-19-16(14)11-5-3-2-4-6-11/h2-8,10,14,16,18-19,21H,9H2,1H3. The van der Waals surface area contributed by atoms with Gasteiger partial charge in [0.25, 0.3) is 0 Å². The Balaban J connectivity index is 2.01. The van der Waals surface area contributed by atoms with Gasteiger partial charge in [-0.2, -0.15) is 0 Å². The summed E-state index contributed by atoms with van der Waals surface area (Å²) in [5, 5.41) is 9.95. The molecule has 1 aliphatic rings. The van der Waals surface area contributed by atoms with Crippen molar-refractivity contribution in [1.82, 2.24) is 10.9 Å². The maximum Gasteiger partial charge on any atom is 0.168 e. The molecule has 0 radical (unpaired) electrons. The zero-order valence-corrected chi connectivity index (χ0v) is 12.2. The molecular weight excluding hydrogens is 280 g/mol. The number of hydrogen-bond acceptors (Lipinski definition) is 5. The molecule has 2 atom stereocenters. The van der Waals surface area contributed by atoms with E-state index in [1.165, 1.54) is 7.11 Å². The molecule has 114 valence electrons. The molecule has 0 amide bonds. The Labute approximate surface area is 128 Å². The molecule has 0 aliphatic carbocycles. The smallest absolute Gasteiger partial charge is 0.168 e. The maximum absolute atomic E-state index is 11.2. The fourth-order valence-corrected chi connectivity index (χ4v) is 2.89. The number of aldehydes is 1. The lowest BCUT2D eigenvalue weighted by atomic mass is 9.87. The van der Waals surface area contributed by atoms with Gasteiger partial charge in [0.2, 0.25) is 0 Å². The first-order valence-corrected chi connectivity index (χ1v) is 7.14. The van der Waals surface area contributed by atoms with E-state index in [2.05, 4.69) is 23.0 Å². The van der Waals surface area contributed by atoms with Crippen molar-refractivity contribution >= 4 is 6.29 Å². The van der Waals surface area contributed by atoms with E-state index in [0.29, 0.717) is 12.0 Å². The van der Waals surface area contributed by atoms with Gasteiger partial charge in [-0.3, -0.25) is 10.2 Å². The molecule has 5 heteroatoms. The highest BCUT2D eigenvalue weighted by Crippen LogP contribution is 2.38. The molecule has 2 aromatic rings. The van der Waals surface area contributed by atoms with Crippen LogP contribution in [0.3, 0.4) is 0 Å². The van der Waals surface area contributed by atoms with Crippen LogP contribution in [0.5, 0.6) is 11.5 Å². The van der Waals surface area contributed by atoms with Crippen LogP contribution in [0.4, 0.5) is 0 Å². The zero-order valence-electron chi connectivity index (χ0n) is 12.2. The highest BCUT2D eigenvalue weighted by Gasteiger charge is 2.30. The van der Waals surface area contributed by atoms with Crippen LogP contribution in [0.15, 0.2) is 42.5 Å². The van der Waals surface area contributed by atoms with Crippen molar-refractivity contribution in [1.29, 1.82) is 0 Å². The Hall–Kier alpha value is -2.37. The summed E-state index contributed by atoms with van der Waals surface area (Å²) in [5.74, 6) is 0.338. The number of hydrogen-bond donors (Lipinski definition) is 3. The highest BCUT2D eigenvalue weighted by molar-refractivity contribution is 5.81. The number of nitrogens with one attached hydrogen (secondary N) is 2. The first-order chi connectivity index (χ1) is 10.7. The van der Waals surface area contributed by atoms with Gasteiger partial charge in [-0.15, -0.1) is 0 Å². The molecule has 0 aromatic heterocycles. The highest BCUT2D eigenvalue weighted by atomic mass is 16.5. The molecule has 1 aliphatic heterocycles. The molecule has 2 aromatic carbocycles. The Morgan fingerprint density at radius 1 is 1.23 bits per heavy atom. The number of carbonyl (C=O) groups excluding carboxylic acids is 1. The van der Waals surface area contributed by atoms with E-state index in [1.807, 2.05) is 18.2 Å². The molecule has 1 saturated heterocycles. The fourth-order valence-electron chi connectivity index (χ4n) is 2.89. The number of carbonyl (C=O) groups is 1. The van der Waals surface area contributed by atoms with Crippen molar-refractivity contribution in [2.75, 3.05) is 13.7 Å². The third kappa shape index (κ3) is 2.56. The summed E-state index contributed by atoms with van der Waals surface area (Å²) < 4.78 is 5.18. The van der Waals surface area contributed by atoms with E-state index < -0.39 is 0 Å². The van der Waals surface area contributed by atoms with Gasteiger partial charge in [-0.25, -0.2) is 5.43 Å². The number of aromatic hydroxyl groups is 1. The lowest BCUT2D eigenvalue weighted by molar-refractivity contribution is 0.112. The van der Waals surface area contributed by atoms with Gasteiger partial charge in [-0.1, -0.05) is 30.3 Å². The Bertz CT molecular complexity index is 673. The van der Waals surface area contributed by atoms with Crippen LogP contribution >= 0.6 is 0 Å². The van der Waals surface area contributed by atoms with Gasteiger partial charge < -0.3 is 9.84 Å². The van der Waals surface area contributed by atoms with Crippen molar-refractivity contribution in [2.45, 2.75) is 12.0 Å². The van der Waals surface area contributed by atoms with E-state index >= 15 is 0 Å². The van der Waals surface area contributed by atoms with E-state index in [9.17, 15) is 9.90 Å². The molecule has 5 nitrogen and oxygen atoms in total. The molecule has 3 N–H and O–H groups in total. The second kappa shape index (κ2) is 6.17. The van der Waals surface area contributed by atoms with Crippen molar-refractivity contribution in [2.24, 2.45) is 0 Å². The SMILES string of the molecule is COc1cc(C2CNNC2c2ccccc2)cc(C=O)c1O.